The van der Waals surface area contributed by atoms with Gasteiger partial charge in [0.2, 0.25) is 19.3 Å². The second kappa shape index (κ2) is 19.9. The molecule has 12 atom stereocenters. The summed E-state index contributed by atoms with van der Waals surface area (Å²) in [7, 11) is 4.53. The molecule has 14 nitrogen and oxygen atoms in total. The Labute approximate surface area is 406 Å². The number of cyclic esters (lactones) is 1. The number of allylic oxidation sites excluding steroid dienone is 1. The molecular formula is C55H72O14. The summed E-state index contributed by atoms with van der Waals surface area (Å²) in [6.45, 7) is 11.5. The monoisotopic (exact) mass is 956 g/mol. The molecule has 2 heterocycles. The average molecular weight is 957 g/mol. The molecule has 0 bridgehead atoms. The van der Waals surface area contributed by atoms with Gasteiger partial charge in [-0.3, -0.25) is 14.4 Å². The van der Waals surface area contributed by atoms with Crippen molar-refractivity contribution in [3.8, 4) is 28.7 Å². The molecule has 1 saturated heterocycles. The third-order valence-electron chi connectivity index (χ3n) is 17.9. The number of hydrogen-bond donors (Lipinski definition) is 0. The zero-order valence-electron chi connectivity index (χ0n) is 41.8. The van der Waals surface area contributed by atoms with E-state index in [1.54, 1.807) is 24.3 Å². The van der Waals surface area contributed by atoms with Gasteiger partial charge in [-0.1, -0.05) is 65.5 Å². The van der Waals surface area contributed by atoms with Crippen molar-refractivity contribution in [3.05, 3.63) is 52.6 Å². The molecule has 0 spiro atoms. The highest BCUT2D eigenvalue weighted by atomic mass is 16.8. The summed E-state index contributed by atoms with van der Waals surface area (Å²) < 4.78 is 56.2. The predicted molar refractivity (Wildman–Crippen MR) is 252 cm³/mol. The van der Waals surface area contributed by atoms with E-state index in [4.69, 9.17) is 47.4 Å². The summed E-state index contributed by atoms with van der Waals surface area (Å²) in [6, 6.07) is 7.08. The Bertz CT molecular complexity index is 2280. The molecule has 69 heavy (non-hydrogen) atoms. The van der Waals surface area contributed by atoms with Crippen molar-refractivity contribution in [2.24, 2.45) is 58.2 Å². The molecule has 4 fully saturated rings. The van der Waals surface area contributed by atoms with Crippen molar-refractivity contribution >= 4 is 24.1 Å². The molecule has 2 aromatic carbocycles. The normalized spacial score (nSPS) is 31.9. The third kappa shape index (κ3) is 9.23. The SMILES string of the molecule is COc1cc([C@H]2c3cc4c(cc3[C@@H](OC(=O)OCOC(=O)CCC(=O)O[C@H]3CC[C@@]5(C)C(=CC[C@H]6[C@@H]7CC[C@H]([C@H](C)CCCC(C)C)[C@@]7(C)CC[C@@H]65)C3)[C@@H]3COC(=O)[C@@H]23)OCO4)cc(OC)c1OC. The average Bonchev–Trinajstić information content (AvgIpc) is 4.06. The standard InChI is InChI=1S/C55H72O14/c1-30(2)10-9-11-31(3)39-14-15-40-35-13-12-33-24-34(18-20-54(33,4)41(35)19-21-55(39,40)5)68-47(57)17-16-46(56)66-29-67-53(59)69-50-37-26-43-42(64-28-65-43)25-36(37)48(49-38(50)27-63-52(49)58)32-22-44(60-6)51(62-8)45(23-32)61-7/h12,22-23,25-26,30-31,34-35,38-41,48-50H,9-11,13-21,24,27-29H2,1-8H3/t31-,34+,35+,38-,39-,40+,41+,48+,49-,50-,54+,55-/m1/s1. The van der Waals surface area contributed by atoms with Crippen LogP contribution in [0.5, 0.6) is 28.7 Å². The van der Waals surface area contributed by atoms with Crippen molar-refractivity contribution in [1.29, 1.82) is 0 Å². The Hall–Kier alpha value is -5.14. The second-order valence-corrected chi connectivity index (χ2v) is 21.8. The van der Waals surface area contributed by atoms with Crippen molar-refractivity contribution < 1.29 is 66.5 Å². The molecule has 7 aliphatic rings. The van der Waals surface area contributed by atoms with Crippen LogP contribution in [0.2, 0.25) is 0 Å². The van der Waals surface area contributed by atoms with Crippen LogP contribution in [0.15, 0.2) is 35.9 Å². The predicted octanol–water partition coefficient (Wildman–Crippen LogP) is 10.8. The van der Waals surface area contributed by atoms with E-state index >= 15 is 0 Å². The van der Waals surface area contributed by atoms with Crippen LogP contribution in [0.3, 0.4) is 0 Å². The maximum Gasteiger partial charge on any atom is 0.511 e. The van der Waals surface area contributed by atoms with E-state index in [0.29, 0.717) is 56.8 Å². The number of carbonyl (C=O) groups excluding carboxylic acids is 4. The molecule has 14 heteroatoms. The first-order valence-electron chi connectivity index (χ1n) is 25.4. The van der Waals surface area contributed by atoms with Crippen LogP contribution in [0.25, 0.3) is 0 Å². The van der Waals surface area contributed by atoms with Crippen LogP contribution < -0.4 is 23.7 Å². The highest BCUT2D eigenvalue weighted by Crippen LogP contribution is 2.67. The van der Waals surface area contributed by atoms with Crippen LogP contribution in [0, 0.1) is 58.2 Å². The molecule has 0 aromatic heterocycles. The zero-order valence-corrected chi connectivity index (χ0v) is 41.8. The van der Waals surface area contributed by atoms with Crippen molar-refractivity contribution in [3.63, 3.8) is 0 Å². The molecule has 9 rings (SSSR count). The number of fused-ring (bicyclic) bond motifs is 8. The summed E-state index contributed by atoms with van der Waals surface area (Å²) in [4.78, 5) is 52.7. The highest BCUT2D eigenvalue weighted by Gasteiger charge is 2.59. The van der Waals surface area contributed by atoms with Gasteiger partial charge < -0.3 is 47.4 Å². The minimum Gasteiger partial charge on any atom is -0.493 e. The van der Waals surface area contributed by atoms with Gasteiger partial charge >= 0.3 is 24.1 Å². The van der Waals surface area contributed by atoms with Crippen LogP contribution in [-0.2, 0) is 38.1 Å². The van der Waals surface area contributed by atoms with Crippen LogP contribution in [0.4, 0.5) is 4.79 Å². The highest BCUT2D eigenvalue weighted by molar-refractivity contribution is 5.79. The first-order valence-corrected chi connectivity index (χ1v) is 25.4. The largest absolute Gasteiger partial charge is 0.511 e. The Kier molecular flexibility index (Phi) is 14.1. The van der Waals surface area contributed by atoms with Gasteiger partial charge in [0, 0.05) is 23.8 Å². The molecule has 0 radical (unpaired) electrons. The Morgan fingerprint density at radius 3 is 2.20 bits per heavy atom. The van der Waals surface area contributed by atoms with Crippen molar-refractivity contribution in [2.75, 3.05) is 41.5 Å². The van der Waals surface area contributed by atoms with E-state index in [9.17, 15) is 19.2 Å². The fraction of sp³-hybridized carbons (Fsp3) is 0.673. The van der Waals surface area contributed by atoms with E-state index in [-0.39, 0.29) is 37.8 Å². The lowest BCUT2D eigenvalue weighted by Gasteiger charge is -2.58. The Morgan fingerprint density at radius 2 is 1.49 bits per heavy atom. The number of carbonyl (C=O) groups is 4. The van der Waals surface area contributed by atoms with E-state index in [1.165, 1.54) is 71.8 Å². The molecule has 0 unspecified atom stereocenters. The fourth-order valence-corrected chi connectivity index (χ4v) is 14.5. The molecule has 2 aliphatic heterocycles. The number of ether oxygens (including phenoxy) is 10. The maximum absolute atomic E-state index is 13.5. The van der Waals surface area contributed by atoms with E-state index in [0.717, 1.165) is 55.3 Å². The molecule has 0 N–H and O–H groups in total. The minimum atomic E-state index is -1.12. The number of esters is 3. The molecule has 376 valence electrons. The van der Waals surface area contributed by atoms with E-state index < -0.39 is 54.7 Å². The number of benzene rings is 2. The third-order valence-corrected chi connectivity index (χ3v) is 17.9. The van der Waals surface area contributed by atoms with Gasteiger partial charge in [0.15, 0.2) is 23.0 Å². The topological polar surface area (TPSA) is 161 Å². The summed E-state index contributed by atoms with van der Waals surface area (Å²) >= 11 is 0. The number of methoxy groups -OCH3 is 3. The van der Waals surface area contributed by atoms with Crippen LogP contribution in [0.1, 0.15) is 147 Å². The molecule has 0 amide bonds. The molecule has 2 aromatic rings. The quantitative estimate of drug-likeness (QED) is 0.0676. The van der Waals surface area contributed by atoms with E-state index in [2.05, 4.69) is 40.7 Å². The minimum absolute atomic E-state index is 0.00336. The van der Waals surface area contributed by atoms with Crippen LogP contribution >= 0.6 is 0 Å². The summed E-state index contributed by atoms with van der Waals surface area (Å²) in [5.74, 6) is 3.04. The van der Waals surface area contributed by atoms with E-state index in [1.807, 2.05) is 0 Å². The number of rotatable bonds is 16. The van der Waals surface area contributed by atoms with Gasteiger partial charge in [0.25, 0.3) is 0 Å². The van der Waals surface area contributed by atoms with Gasteiger partial charge in [-0.15, -0.1) is 0 Å². The van der Waals surface area contributed by atoms with Gasteiger partial charge in [-0.25, -0.2) is 4.79 Å². The molecular weight excluding hydrogens is 885 g/mol. The lowest BCUT2D eigenvalue weighted by Crippen LogP contribution is -2.51. The van der Waals surface area contributed by atoms with Crippen molar-refractivity contribution in [1.82, 2.24) is 0 Å². The summed E-state index contributed by atoms with van der Waals surface area (Å²) in [5.41, 5.74) is 3.90. The smallest absolute Gasteiger partial charge is 0.493 e. The fourth-order valence-electron chi connectivity index (χ4n) is 14.5. The first-order chi connectivity index (χ1) is 33.2. The molecule has 3 saturated carbocycles. The number of hydrogen-bond acceptors (Lipinski definition) is 14. The van der Waals surface area contributed by atoms with Crippen molar-refractivity contribution in [2.45, 2.75) is 136 Å². The Balaban J connectivity index is 0.768. The lowest BCUT2D eigenvalue weighted by atomic mass is 9.47. The lowest BCUT2D eigenvalue weighted by molar-refractivity contribution is -0.160. The first kappa shape index (κ1) is 48.9. The summed E-state index contributed by atoms with van der Waals surface area (Å²) in [5, 5.41) is 0. The van der Waals surface area contributed by atoms with Gasteiger partial charge in [0.05, 0.1) is 46.7 Å². The summed E-state index contributed by atoms with van der Waals surface area (Å²) in [6.07, 6.45) is 12.8. The van der Waals surface area contributed by atoms with Crippen LogP contribution in [-0.4, -0.2) is 71.7 Å². The zero-order chi connectivity index (χ0) is 48.8. The molecule has 5 aliphatic carbocycles. The van der Waals surface area contributed by atoms with Gasteiger partial charge in [0.1, 0.15) is 12.2 Å². The second-order valence-electron chi connectivity index (χ2n) is 21.8. The Morgan fingerprint density at radius 1 is 0.768 bits per heavy atom. The van der Waals surface area contributed by atoms with Gasteiger partial charge in [-0.05, 0) is 127 Å². The maximum atomic E-state index is 13.5. The van der Waals surface area contributed by atoms with Gasteiger partial charge in [-0.2, -0.15) is 0 Å².